The average molecular weight is 256 g/mol. The molecule has 1 unspecified atom stereocenters. The lowest BCUT2D eigenvalue weighted by molar-refractivity contribution is -0.137. The number of nitrogens with zero attached hydrogens (tertiary/aromatic N) is 1. The van der Waals surface area contributed by atoms with Gasteiger partial charge in [-0.15, -0.1) is 11.3 Å². The minimum absolute atomic E-state index is 0.0195. The van der Waals surface area contributed by atoms with E-state index >= 15 is 0 Å². The maximum absolute atomic E-state index is 10.8. The Morgan fingerprint density at radius 2 is 2.35 bits per heavy atom. The highest BCUT2D eigenvalue weighted by atomic mass is 32.1. The van der Waals surface area contributed by atoms with Crippen LogP contribution in [-0.4, -0.2) is 49.2 Å². The molecule has 17 heavy (non-hydrogen) atoms. The largest absolute Gasteiger partial charge is 0.481 e. The maximum atomic E-state index is 10.8. The van der Waals surface area contributed by atoms with Crippen LogP contribution >= 0.6 is 11.3 Å². The van der Waals surface area contributed by atoms with E-state index in [4.69, 9.17) is 5.11 Å². The fourth-order valence-corrected chi connectivity index (χ4v) is 2.38. The van der Waals surface area contributed by atoms with Crippen LogP contribution in [-0.2, 0) is 11.2 Å². The van der Waals surface area contributed by atoms with E-state index in [1.807, 2.05) is 31.6 Å². The summed E-state index contributed by atoms with van der Waals surface area (Å²) in [5.41, 5.74) is 0. The van der Waals surface area contributed by atoms with Crippen LogP contribution in [0.25, 0.3) is 0 Å². The SMILES string of the molecule is CN(C)CCNC(CC(=O)O)Cc1cccs1. The Labute approximate surface area is 106 Å². The third-order valence-electron chi connectivity index (χ3n) is 2.44. The van der Waals surface area contributed by atoms with Gasteiger partial charge < -0.3 is 15.3 Å². The van der Waals surface area contributed by atoms with Crippen molar-refractivity contribution in [2.24, 2.45) is 0 Å². The summed E-state index contributed by atoms with van der Waals surface area (Å²) < 4.78 is 0. The van der Waals surface area contributed by atoms with Crippen molar-refractivity contribution < 1.29 is 9.90 Å². The lowest BCUT2D eigenvalue weighted by atomic mass is 10.1. The average Bonchev–Trinajstić information content (AvgIpc) is 2.68. The molecule has 0 fully saturated rings. The summed E-state index contributed by atoms with van der Waals surface area (Å²) in [4.78, 5) is 14.1. The number of nitrogens with one attached hydrogen (secondary N) is 1. The Bertz CT molecular complexity index is 325. The smallest absolute Gasteiger partial charge is 0.304 e. The van der Waals surface area contributed by atoms with E-state index in [1.165, 1.54) is 4.88 Å². The first kappa shape index (κ1) is 14.2. The van der Waals surface area contributed by atoms with Crippen LogP contribution in [0.1, 0.15) is 11.3 Å². The first-order valence-electron chi connectivity index (χ1n) is 5.70. The van der Waals surface area contributed by atoms with Crippen LogP contribution < -0.4 is 5.32 Å². The molecule has 1 aromatic heterocycles. The molecule has 0 radical (unpaired) electrons. The van der Waals surface area contributed by atoms with E-state index in [2.05, 4.69) is 10.2 Å². The van der Waals surface area contributed by atoms with E-state index in [1.54, 1.807) is 11.3 Å². The number of likely N-dealkylation sites (N-methyl/N-ethyl adjacent to an activating group) is 1. The highest BCUT2D eigenvalue weighted by molar-refractivity contribution is 7.09. The molecule has 0 bridgehead atoms. The highest BCUT2D eigenvalue weighted by Crippen LogP contribution is 2.12. The molecular weight excluding hydrogens is 236 g/mol. The van der Waals surface area contributed by atoms with Crippen LogP contribution in [0.4, 0.5) is 0 Å². The van der Waals surface area contributed by atoms with Gasteiger partial charge in [-0.25, -0.2) is 0 Å². The third-order valence-corrected chi connectivity index (χ3v) is 3.34. The fraction of sp³-hybridized carbons (Fsp3) is 0.583. The maximum Gasteiger partial charge on any atom is 0.304 e. The summed E-state index contributed by atoms with van der Waals surface area (Å²) in [5.74, 6) is -0.746. The van der Waals surface area contributed by atoms with Crippen LogP contribution in [0.15, 0.2) is 17.5 Å². The lowest BCUT2D eigenvalue weighted by Gasteiger charge is -2.18. The number of aliphatic carboxylic acids is 1. The molecule has 4 nitrogen and oxygen atoms in total. The molecule has 0 amide bonds. The molecule has 1 rings (SSSR count). The summed E-state index contributed by atoms with van der Waals surface area (Å²) in [5, 5.41) is 14.2. The Morgan fingerprint density at radius 1 is 1.59 bits per heavy atom. The second kappa shape index (κ2) is 7.42. The summed E-state index contributed by atoms with van der Waals surface area (Å²) in [6.07, 6.45) is 0.961. The molecule has 1 aromatic rings. The number of hydrogen-bond acceptors (Lipinski definition) is 4. The number of carboxylic acids is 1. The zero-order valence-electron chi connectivity index (χ0n) is 10.3. The molecular formula is C12H20N2O2S. The van der Waals surface area contributed by atoms with Gasteiger partial charge in [0.2, 0.25) is 0 Å². The predicted octanol–water partition coefficient (Wildman–Crippen LogP) is 1.29. The Morgan fingerprint density at radius 3 is 2.88 bits per heavy atom. The summed E-state index contributed by atoms with van der Waals surface area (Å²) in [6, 6.07) is 4.07. The molecule has 0 saturated heterocycles. The van der Waals surface area contributed by atoms with E-state index in [0.29, 0.717) is 0 Å². The molecule has 2 N–H and O–H groups in total. The number of carboxylic acid groups (broad SMARTS) is 1. The van der Waals surface area contributed by atoms with Crippen LogP contribution in [0.5, 0.6) is 0 Å². The molecule has 1 heterocycles. The van der Waals surface area contributed by atoms with Gasteiger partial charge in [-0.3, -0.25) is 4.79 Å². The molecule has 96 valence electrons. The summed E-state index contributed by atoms with van der Waals surface area (Å²) in [7, 11) is 4.01. The number of carbonyl (C=O) groups is 1. The van der Waals surface area contributed by atoms with Crippen molar-refractivity contribution in [3.8, 4) is 0 Å². The molecule has 1 atom stereocenters. The molecule has 0 spiro atoms. The van der Waals surface area contributed by atoms with Gasteiger partial charge in [-0.05, 0) is 32.0 Å². The van der Waals surface area contributed by atoms with Crippen LogP contribution in [0.2, 0.25) is 0 Å². The molecule has 0 aliphatic rings. The third kappa shape index (κ3) is 6.41. The predicted molar refractivity (Wildman–Crippen MR) is 70.6 cm³/mol. The highest BCUT2D eigenvalue weighted by Gasteiger charge is 2.13. The van der Waals surface area contributed by atoms with Gasteiger partial charge in [0.1, 0.15) is 0 Å². The van der Waals surface area contributed by atoms with Gasteiger partial charge in [0, 0.05) is 24.0 Å². The van der Waals surface area contributed by atoms with Crippen molar-refractivity contribution >= 4 is 17.3 Å². The van der Waals surface area contributed by atoms with Gasteiger partial charge >= 0.3 is 5.97 Å². The van der Waals surface area contributed by atoms with Crippen molar-refractivity contribution in [3.05, 3.63) is 22.4 Å². The van der Waals surface area contributed by atoms with Gasteiger partial charge in [0.15, 0.2) is 0 Å². The minimum Gasteiger partial charge on any atom is -0.481 e. The zero-order valence-corrected chi connectivity index (χ0v) is 11.2. The van der Waals surface area contributed by atoms with Gasteiger partial charge in [0.05, 0.1) is 6.42 Å². The fourth-order valence-electron chi connectivity index (χ4n) is 1.59. The van der Waals surface area contributed by atoms with Crippen molar-refractivity contribution in [3.63, 3.8) is 0 Å². The Hall–Kier alpha value is -0.910. The summed E-state index contributed by atoms with van der Waals surface area (Å²) in [6.45, 7) is 1.73. The molecule has 5 heteroatoms. The Balaban J connectivity index is 2.40. The monoisotopic (exact) mass is 256 g/mol. The van der Waals surface area contributed by atoms with Gasteiger partial charge in [-0.2, -0.15) is 0 Å². The first-order valence-corrected chi connectivity index (χ1v) is 6.58. The number of rotatable bonds is 8. The van der Waals surface area contributed by atoms with Crippen LogP contribution in [0, 0.1) is 0 Å². The van der Waals surface area contributed by atoms with E-state index in [-0.39, 0.29) is 12.5 Å². The number of hydrogen-bond donors (Lipinski definition) is 2. The van der Waals surface area contributed by atoms with Crippen LogP contribution in [0.3, 0.4) is 0 Å². The van der Waals surface area contributed by atoms with E-state index in [0.717, 1.165) is 19.5 Å². The quantitative estimate of drug-likeness (QED) is 0.736. The minimum atomic E-state index is -0.746. The number of thiophene rings is 1. The summed E-state index contributed by atoms with van der Waals surface area (Å²) >= 11 is 1.67. The van der Waals surface area contributed by atoms with E-state index < -0.39 is 5.97 Å². The van der Waals surface area contributed by atoms with Gasteiger partial charge in [0.25, 0.3) is 0 Å². The van der Waals surface area contributed by atoms with E-state index in [9.17, 15) is 4.79 Å². The molecule has 0 saturated carbocycles. The van der Waals surface area contributed by atoms with Crippen molar-refractivity contribution in [1.29, 1.82) is 0 Å². The normalized spacial score (nSPS) is 12.9. The van der Waals surface area contributed by atoms with Crippen molar-refractivity contribution in [2.45, 2.75) is 18.9 Å². The first-order chi connectivity index (χ1) is 8.08. The second-order valence-electron chi connectivity index (χ2n) is 4.34. The zero-order chi connectivity index (χ0) is 12.7. The van der Waals surface area contributed by atoms with Gasteiger partial charge in [-0.1, -0.05) is 6.07 Å². The standard InChI is InChI=1S/C12H20N2O2S/c1-14(2)6-5-13-10(9-12(15)16)8-11-4-3-7-17-11/h3-4,7,10,13H,5-6,8-9H2,1-2H3,(H,15,16). The topological polar surface area (TPSA) is 52.6 Å². The van der Waals surface area contributed by atoms with Crippen molar-refractivity contribution in [1.82, 2.24) is 10.2 Å². The molecule has 0 aromatic carbocycles. The molecule has 0 aliphatic carbocycles. The Kier molecular flexibility index (Phi) is 6.18. The lowest BCUT2D eigenvalue weighted by Crippen LogP contribution is -2.37. The van der Waals surface area contributed by atoms with Crippen molar-refractivity contribution in [2.75, 3.05) is 27.2 Å². The second-order valence-corrected chi connectivity index (χ2v) is 5.37. The molecule has 0 aliphatic heterocycles.